The first-order chi connectivity index (χ1) is 12.1. The number of aromatic nitrogens is 2. The van der Waals surface area contributed by atoms with E-state index in [2.05, 4.69) is 15.3 Å². The first kappa shape index (κ1) is 17.2. The van der Waals surface area contributed by atoms with Gasteiger partial charge in [-0.15, -0.1) is 0 Å². The summed E-state index contributed by atoms with van der Waals surface area (Å²) in [4.78, 5) is 22.4. The minimum atomic E-state index is 0.140. The van der Waals surface area contributed by atoms with Crippen molar-refractivity contribution in [1.29, 1.82) is 0 Å². The zero-order valence-electron chi connectivity index (χ0n) is 14.7. The molecule has 6 heteroatoms. The van der Waals surface area contributed by atoms with E-state index in [9.17, 15) is 4.79 Å². The Morgan fingerprint density at radius 2 is 1.84 bits per heavy atom. The Morgan fingerprint density at radius 1 is 1.12 bits per heavy atom. The number of ether oxygens (including phenoxy) is 1. The van der Waals surface area contributed by atoms with Crippen LogP contribution in [0, 0.1) is 5.92 Å². The molecule has 1 fully saturated rings. The van der Waals surface area contributed by atoms with Gasteiger partial charge in [-0.3, -0.25) is 4.79 Å². The molecule has 0 saturated heterocycles. The first-order valence-electron chi connectivity index (χ1n) is 8.65. The van der Waals surface area contributed by atoms with Crippen molar-refractivity contribution in [1.82, 2.24) is 14.9 Å². The second kappa shape index (κ2) is 7.96. The van der Waals surface area contributed by atoms with Crippen LogP contribution in [0.15, 0.2) is 42.6 Å². The van der Waals surface area contributed by atoms with Crippen LogP contribution in [0.5, 0.6) is 11.6 Å². The minimum absolute atomic E-state index is 0.140. The van der Waals surface area contributed by atoms with Gasteiger partial charge < -0.3 is 15.0 Å². The van der Waals surface area contributed by atoms with E-state index in [1.807, 2.05) is 44.4 Å². The second-order valence-corrected chi connectivity index (χ2v) is 6.56. The number of rotatable bonds is 5. The molecule has 1 heterocycles. The summed E-state index contributed by atoms with van der Waals surface area (Å²) in [6, 6.07) is 11.6. The van der Waals surface area contributed by atoms with Crippen molar-refractivity contribution in [2.24, 2.45) is 5.92 Å². The van der Waals surface area contributed by atoms with Crippen LogP contribution in [0.1, 0.15) is 25.7 Å². The summed E-state index contributed by atoms with van der Waals surface area (Å²) in [6.45, 7) is 0. The predicted molar refractivity (Wildman–Crippen MR) is 96.6 cm³/mol. The number of para-hydroxylation sites is 1. The lowest BCUT2D eigenvalue weighted by Gasteiger charge is -2.29. The highest BCUT2D eigenvalue weighted by atomic mass is 16.5. The van der Waals surface area contributed by atoms with E-state index in [1.54, 1.807) is 17.2 Å². The summed E-state index contributed by atoms with van der Waals surface area (Å²) in [7, 11) is 3.64. The molecule has 1 amide bonds. The molecule has 3 rings (SSSR count). The largest absolute Gasteiger partial charge is 0.439 e. The Hall–Kier alpha value is -2.63. The molecule has 0 unspecified atom stereocenters. The molecule has 132 valence electrons. The lowest BCUT2D eigenvalue weighted by atomic mass is 9.85. The topological polar surface area (TPSA) is 67.4 Å². The third kappa shape index (κ3) is 4.68. The number of hydrogen-bond donors (Lipinski definition) is 1. The smallest absolute Gasteiger partial charge is 0.226 e. The van der Waals surface area contributed by atoms with Crippen LogP contribution in [0.3, 0.4) is 0 Å². The molecule has 1 aromatic carbocycles. The molecule has 6 nitrogen and oxygen atoms in total. The summed E-state index contributed by atoms with van der Waals surface area (Å²) in [5, 5.41) is 3.37. The lowest BCUT2D eigenvalue weighted by molar-refractivity contribution is -0.133. The van der Waals surface area contributed by atoms with E-state index in [0.717, 1.165) is 31.4 Å². The van der Waals surface area contributed by atoms with Crippen LogP contribution >= 0.6 is 0 Å². The maximum atomic E-state index is 12.0. The average molecular weight is 340 g/mol. The number of carbonyl (C=O) groups is 1. The van der Waals surface area contributed by atoms with E-state index in [4.69, 9.17) is 4.74 Å². The SMILES string of the molecule is CN(C)C(=O)C1CCC(Nc2nccc(Oc3ccccc3)n2)CC1. The predicted octanol–water partition coefficient (Wildman–Crippen LogP) is 3.33. The van der Waals surface area contributed by atoms with Gasteiger partial charge in [0.25, 0.3) is 0 Å². The van der Waals surface area contributed by atoms with Crippen molar-refractivity contribution in [2.75, 3.05) is 19.4 Å². The van der Waals surface area contributed by atoms with Crippen LogP contribution in [0.2, 0.25) is 0 Å². The molecule has 1 aromatic heterocycles. The molecule has 1 aliphatic rings. The molecule has 1 N–H and O–H groups in total. The van der Waals surface area contributed by atoms with Crippen LogP contribution in [0.4, 0.5) is 5.95 Å². The van der Waals surface area contributed by atoms with E-state index >= 15 is 0 Å². The zero-order chi connectivity index (χ0) is 17.6. The molecule has 1 saturated carbocycles. The Morgan fingerprint density at radius 3 is 2.52 bits per heavy atom. The van der Waals surface area contributed by atoms with Gasteiger partial charge in [-0.1, -0.05) is 18.2 Å². The third-order valence-corrected chi connectivity index (χ3v) is 4.45. The van der Waals surface area contributed by atoms with Gasteiger partial charge >= 0.3 is 0 Å². The Labute approximate surface area is 148 Å². The van der Waals surface area contributed by atoms with Gasteiger partial charge in [0, 0.05) is 38.3 Å². The van der Waals surface area contributed by atoms with E-state index in [0.29, 0.717) is 11.8 Å². The average Bonchev–Trinajstić information content (AvgIpc) is 2.63. The standard InChI is InChI=1S/C19H24N4O2/c1-23(2)18(24)14-8-10-15(11-9-14)21-19-20-13-12-17(22-19)25-16-6-4-3-5-7-16/h3-7,12-15H,8-11H2,1-2H3,(H,20,21,22). The fourth-order valence-corrected chi connectivity index (χ4v) is 3.11. The molecular weight excluding hydrogens is 316 g/mol. The van der Waals surface area contributed by atoms with Gasteiger partial charge in [-0.25, -0.2) is 4.98 Å². The van der Waals surface area contributed by atoms with Gasteiger partial charge in [0.1, 0.15) is 5.75 Å². The molecule has 0 spiro atoms. The quantitative estimate of drug-likeness (QED) is 0.904. The highest BCUT2D eigenvalue weighted by Gasteiger charge is 2.27. The summed E-state index contributed by atoms with van der Waals surface area (Å²) < 4.78 is 5.74. The first-order valence-corrected chi connectivity index (χ1v) is 8.65. The van der Waals surface area contributed by atoms with E-state index in [1.165, 1.54) is 0 Å². The molecule has 0 atom stereocenters. The van der Waals surface area contributed by atoms with Crippen LogP contribution in [-0.4, -0.2) is 40.9 Å². The number of nitrogens with one attached hydrogen (secondary N) is 1. The molecule has 0 bridgehead atoms. The zero-order valence-corrected chi connectivity index (χ0v) is 14.7. The minimum Gasteiger partial charge on any atom is -0.439 e. The molecule has 1 aliphatic carbocycles. The van der Waals surface area contributed by atoms with Crippen molar-refractivity contribution in [3.8, 4) is 11.6 Å². The normalized spacial score (nSPS) is 19.9. The monoisotopic (exact) mass is 340 g/mol. The van der Waals surface area contributed by atoms with Crippen molar-refractivity contribution in [2.45, 2.75) is 31.7 Å². The molecule has 2 aromatic rings. The highest BCUT2D eigenvalue weighted by molar-refractivity contribution is 5.78. The highest BCUT2D eigenvalue weighted by Crippen LogP contribution is 2.27. The fraction of sp³-hybridized carbons (Fsp3) is 0.421. The lowest BCUT2D eigenvalue weighted by Crippen LogP contribution is -2.35. The maximum absolute atomic E-state index is 12.0. The van der Waals surface area contributed by atoms with Crippen molar-refractivity contribution in [3.05, 3.63) is 42.6 Å². The number of anilines is 1. The fourth-order valence-electron chi connectivity index (χ4n) is 3.11. The number of benzene rings is 1. The van der Waals surface area contributed by atoms with Gasteiger partial charge in [-0.2, -0.15) is 4.98 Å². The summed E-state index contributed by atoms with van der Waals surface area (Å²) in [5.41, 5.74) is 0. The summed E-state index contributed by atoms with van der Waals surface area (Å²) >= 11 is 0. The molecular formula is C19H24N4O2. The van der Waals surface area contributed by atoms with Crippen molar-refractivity contribution < 1.29 is 9.53 Å². The Bertz CT molecular complexity index is 698. The van der Waals surface area contributed by atoms with Gasteiger partial charge in [0.15, 0.2) is 0 Å². The van der Waals surface area contributed by atoms with E-state index < -0.39 is 0 Å². The summed E-state index contributed by atoms with van der Waals surface area (Å²) in [5.74, 6) is 2.19. The number of hydrogen-bond acceptors (Lipinski definition) is 5. The van der Waals surface area contributed by atoms with Gasteiger partial charge in [0.2, 0.25) is 17.7 Å². The molecule has 0 aliphatic heterocycles. The summed E-state index contributed by atoms with van der Waals surface area (Å²) in [6.07, 6.45) is 5.37. The van der Waals surface area contributed by atoms with Gasteiger partial charge in [-0.05, 0) is 37.8 Å². The molecule has 0 radical (unpaired) electrons. The van der Waals surface area contributed by atoms with Crippen molar-refractivity contribution in [3.63, 3.8) is 0 Å². The van der Waals surface area contributed by atoms with Crippen LogP contribution < -0.4 is 10.1 Å². The Kier molecular flexibility index (Phi) is 5.48. The number of amides is 1. The van der Waals surface area contributed by atoms with Crippen molar-refractivity contribution >= 4 is 11.9 Å². The van der Waals surface area contributed by atoms with Crippen LogP contribution in [0.25, 0.3) is 0 Å². The van der Waals surface area contributed by atoms with Gasteiger partial charge in [0.05, 0.1) is 0 Å². The Balaban J connectivity index is 1.55. The maximum Gasteiger partial charge on any atom is 0.226 e. The third-order valence-electron chi connectivity index (χ3n) is 4.45. The number of nitrogens with zero attached hydrogens (tertiary/aromatic N) is 3. The van der Waals surface area contributed by atoms with E-state index in [-0.39, 0.29) is 17.9 Å². The number of carbonyl (C=O) groups excluding carboxylic acids is 1. The van der Waals surface area contributed by atoms with Crippen LogP contribution in [-0.2, 0) is 4.79 Å². The molecule has 25 heavy (non-hydrogen) atoms. The second-order valence-electron chi connectivity index (χ2n) is 6.56.